The molecule has 1 aromatic heterocycles. The number of rotatable bonds is 1. The number of amides is 2. The van der Waals surface area contributed by atoms with E-state index in [-0.39, 0.29) is 17.5 Å². The van der Waals surface area contributed by atoms with Gasteiger partial charge in [0.2, 0.25) is 0 Å². The maximum Gasteiger partial charge on any atom is 0.417 e. The molecule has 1 aliphatic rings. The number of anilines is 1. The van der Waals surface area contributed by atoms with E-state index < -0.39 is 11.9 Å². The summed E-state index contributed by atoms with van der Waals surface area (Å²) in [5.74, 6) is -0.496. The Morgan fingerprint density at radius 2 is 1.93 bits per heavy atom. The second kappa shape index (κ2) is 8.55. The number of aromatic nitrogens is 1. The van der Waals surface area contributed by atoms with Crippen LogP contribution in [0.3, 0.4) is 0 Å². The van der Waals surface area contributed by atoms with Crippen LogP contribution in [0.2, 0.25) is 10.0 Å². The molecule has 1 aliphatic heterocycles. The molecule has 3 aromatic rings. The molecule has 4 N–H and O–H groups in total. The fourth-order valence-corrected chi connectivity index (χ4v) is 3.00. The van der Waals surface area contributed by atoms with Gasteiger partial charge < -0.3 is 24.8 Å². The Labute approximate surface area is 169 Å². The third-order valence-electron chi connectivity index (χ3n) is 4.03. The van der Waals surface area contributed by atoms with Crippen LogP contribution in [0, 0.1) is 0 Å². The average Bonchev–Trinajstić information content (AvgIpc) is 3.23. The summed E-state index contributed by atoms with van der Waals surface area (Å²) in [6.45, 7) is 0.821. The van der Waals surface area contributed by atoms with Crippen LogP contribution in [0.4, 0.5) is 10.5 Å². The van der Waals surface area contributed by atoms with E-state index in [1.54, 1.807) is 18.2 Å². The first-order valence-electron chi connectivity index (χ1n) is 8.32. The van der Waals surface area contributed by atoms with E-state index in [0.717, 1.165) is 0 Å². The molecular formula is C18H17Cl2N3O5. The molecule has 0 aliphatic carbocycles. The van der Waals surface area contributed by atoms with Crippen molar-refractivity contribution < 1.29 is 19.4 Å². The number of aliphatic hydroxyl groups excluding tert-OH is 1. The number of β-amino-alcohol motifs (C(OH)–C–C–N with tert-alkyl or cyclic N) is 1. The standard InChI is InChI=1S/C11H13ClN2O3.C7H4ClNO2/c12-7-1-2-10(16)9(5-7)13-11(17)14-4-3-8(15)6-14;8-4-1-2-6-5(3-4)9-7(10)11-6/h1-2,5,8,15-16H,3-4,6H2,(H,13,17);1-3H,(H,9,10)/t8-;/m0./s1. The van der Waals surface area contributed by atoms with Crippen LogP contribution in [-0.4, -0.2) is 45.3 Å². The first-order valence-corrected chi connectivity index (χ1v) is 9.08. The lowest BCUT2D eigenvalue weighted by Crippen LogP contribution is -2.33. The predicted molar refractivity (Wildman–Crippen MR) is 106 cm³/mol. The van der Waals surface area contributed by atoms with Crippen molar-refractivity contribution in [2.75, 3.05) is 18.4 Å². The van der Waals surface area contributed by atoms with E-state index >= 15 is 0 Å². The van der Waals surface area contributed by atoms with Gasteiger partial charge in [0, 0.05) is 23.1 Å². The minimum absolute atomic E-state index is 0.0394. The molecule has 0 radical (unpaired) electrons. The molecule has 4 rings (SSSR count). The lowest BCUT2D eigenvalue weighted by atomic mass is 10.3. The zero-order chi connectivity index (χ0) is 20.3. The van der Waals surface area contributed by atoms with E-state index in [1.807, 2.05) is 0 Å². The summed E-state index contributed by atoms with van der Waals surface area (Å²) >= 11 is 11.4. The fourth-order valence-electron chi connectivity index (χ4n) is 2.65. The number of benzene rings is 2. The lowest BCUT2D eigenvalue weighted by molar-refractivity contribution is 0.176. The van der Waals surface area contributed by atoms with Gasteiger partial charge in [-0.1, -0.05) is 23.2 Å². The van der Waals surface area contributed by atoms with Crippen molar-refractivity contribution in [1.29, 1.82) is 0 Å². The van der Waals surface area contributed by atoms with E-state index in [1.165, 1.54) is 23.1 Å². The van der Waals surface area contributed by atoms with Gasteiger partial charge in [-0.05, 0) is 42.8 Å². The minimum atomic E-state index is -0.464. The highest BCUT2D eigenvalue weighted by Crippen LogP contribution is 2.27. The second-order valence-electron chi connectivity index (χ2n) is 6.14. The molecule has 0 bridgehead atoms. The van der Waals surface area contributed by atoms with E-state index in [4.69, 9.17) is 27.6 Å². The van der Waals surface area contributed by atoms with Crippen LogP contribution in [-0.2, 0) is 0 Å². The Kier molecular flexibility index (Phi) is 6.13. The van der Waals surface area contributed by atoms with Crippen LogP contribution in [0.15, 0.2) is 45.6 Å². The van der Waals surface area contributed by atoms with Crippen molar-refractivity contribution in [3.05, 3.63) is 57.0 Å². The molecule has 148 valence electrons. The summed E-state index contributed by atoms with van der Waals surface area (Å²) in [5.41, 5.74) is 1.42. The van der Waals surface area contributed by atoms with Crippen LogP contribution in [0.1, 0.15) is 6.42 Å². The van der Waals surface area contributed by atoms with Crippen LogP contribution < -0.4 is 11.1 Å². The Hall–Kier alpha value is -2.68. The maximum absolute atomic E-state index is 11.8. The van der Waals surface area contributed by atoms with Crippen molar-refractivity contribution >= 4 is 46.0 Å². The predicted octanol–water partition coefficient (Wildman–Crippen LogP) is 3.42. The number of halogens is 2. The number of aromatic amines is 1. The molecule has 2 aromatic carbocycles. The monoisotopic (exact) mass is 425 g/mol. The normalized spacial score (nSPS) is 16.0. The van der Waals surface area contributed by atoms with Gasteiger partial charge >= 0.3 is 11.8 Å². The van der Waals surface area contributed by atoms with Gasteiger partial charge in [-0.15, -0.1) is 0 Å². The molecule has 1 fully saturated rings. The first kappa shape index (κ1) is 20.1. The number of likely N-dealkylation sites (tertiary alicyclic amines) is 1. The van der Waals surface area contributed by atoms with Crippen molar-refractivity contribution in [1.82, 2.24) is 9.88 Å². The highest BCUT2D eigenvalue weighted by Gasteiger charge is 2.24. The molecule has 1 atom stereocenters. The van der Waals surface area contributed by atoms with Gasteiger partial charge in [-0.25, -0.2) is 9.59 Å². The zero-order valence-electron chi connectivity index (χ0n) is 14.5. The van der Waals surface area contributed by atoms with Crippen molar-refractivity contribution in [2.45, 2.75) is 12.5 Å². The highest BCUT2D eigenvalue weighted by molar-refractivity contribution is 6.31. The quantitative estimate of drug-likeness (QED) is 0.445. The number of carbonyl (C=O) groups is 1. The number of phenolic OH excluding ortho intramolecular Hbond substituents is 1. The minimum Gasteiger partial charge on any atom is -0.506 e. The number of hydrogen-bond donors (Lipinski definition) is 4. The molecular weight excluding hydrogens is 409 g/mol. The van der Waals surface area contributed by atoms with Gasteiger partial charge in [-0.3, -0.25) is 4.98 Å². The van der Waals surface area contributed by atoms with Gasteiger partial charge in [-0.2, -0.15) is 0 Å². The van der Waals surface area contributed by atoms with E-state index in [9.17, 15) is 19.8 Å². The molecule has 0 unspecified atom stereocenters. The first-order chi connectivity index (χ1) is 13.3. The van der Waals surface area contributed by atoms with Gasteiger partial charge in [0.15, 0.2) is 5.58 Å². The summed E-state index contributed by atoms with van der Waals surface area (Å²) < 4.78 is 4.75. The van der Waals surface area contributed by atoms with E-state index in [0.29, 0.717) is 40.7 Å². The van der Waals surface area contributed by atoms with Crippen LogP contribution in [0.5, 0.6) is 5.75 Å². The smallest absolute Gasteiger partial charge is 0.417 e. The molecule has 28 heavy (non-hydrogen) atoms. The van der Waals surface area contributed by atoms with Gasteiger partial charge in [0.25, 0.3) is 0 Å². The number of aliphatic hydroxyl groups is 1. The molecule has 8 nitrogen and oxygen atoms in total. The largest absolute Gasteiger partial charge is 0.506 e. The Morgan fingerprint density at radius 1 is 1.21 bits per heavy atom. The number of urea groups is 1. The highest BCUT2D eigenvalue weighted by atomic mass is 35.5. The van der Waals surface area contributed by atoms with Gasteiger partial charge in [0.05, 0.1) is 17.3 Å². The number of aromatic hydroxyl groups is 1. The SMILES string of the molecule is O=C(Nc1cc(Cl)ccc1O)N1CC[C@H](O)C1.O=c1[nH]c2cc(Cl)ccc2o1. The number of fused-ring (bicyclic) bond motifs is 1. The average molecular weight is 426 g/mol. The maximum atomic E-state index is 11.8. The number of hydrogen-bond acceptors (Lipinski definition) is 5. The van der Waals surface area contributed by atoms with E-state index in [2.05, 4.69) is 10.3 Å². The van der Waals surface area contributed by atoms with Crippen molar-refractivity contribution in [2.24, 2.45) is 0 Å². The third-order valence-corrected chi connectivity index (χ3v) is 4.50. The Balaban J connectivity index is 0.000000176. The summed E-state index contributed by atoms with van der Waals surface area (Å²) in [7, 11) is 0. The second-order valence-corrected chi connectivity index (χ2v) is 7.01. The fraction of sp³-hybridized carbons (Fsp3) is 0.222. The summed E-state index contributed by atoms with van der Waals surface area (Å²) in [6.07, 6.45) is 0.114. The number of carbonyl (C=O) groups excluding carboxylic acids is 1. The molecule has 0 spiro atoms. The van der Waals surface area contributed by atoms with Crippen LogP contribution >= 0.6 is 23.2 Å². The topological polar surface area (TPSA) is 119 Å². The van der Waals surface area contributed by atoms with Gasteiger partial charge in [0.1, 0.15) is 5.75 Å². The number of H-pyrrole nitrogens is 1. The number of phenols is 1. The summed E-state index contributed by atoms with van der Waals surface area (Å²) in [4.78, 5) is 26.4. The number of oxazole rings is 1. The zero-order valence-corrected chi connectivity index (χ0v) is 16.0. The van der Waals surface area contributed by atoms with Crippen molar-refractivity contribution in [3.8, 4) is 5.75 Å². The Bertz CT molecular complexity index is 1050. The summed E-state index contributed by atoms with van der Waals surface area (Å²) in [5, 5.41) is 22.4. The Morgan fingerprint density at radius 3 is 2.64 bits per heavy atom. The molecule has 1 saturated heterocycles. The van der Waals surface area contributed by atoms with Crippen molar-refractivity contribution in [3.63, 3.8) is 0 Å². The number of nitrogens with one attached hydrogen (secondary N) is 2. The summed E-state index contributed by atoms with van der Waals surface area (Å²) in [6, 6.07) is 9.03. The third kappa shape index (κ3) is 4.98. The molecule has 0 saturated carbocycles. The molecule has 2 amide bonds. The molecule has 2 heterocycles. The molecule has 10 heteroatoms. The lowest BCUT2D eigenvalue weighted by Gasteiger charge is -2.17. The van der Waals surface area contributed by atoms with Crippen LogP contribution in [0.25, 0.3) is 11.1 Å². The number of nitrogens with zero attached hydrogens (tertiary/aromatic N) is 1.